The number of methoxy groups -OCH3 is 4. The van der Waals surface area contributed by atoms with Crippen molar-refractivity contribution in [3.63, 3.8) is 0 Å². The molecular weight excluding hydrogens is 538 g/mol. The van der Waals surface area contributed by atoms with Crippen LogP contribution in [0.1, 0.15) is 44.0 Å². The fourth-order valence-corrected chi connectivity index (χ4v) is 4.96. The molecule has 0 radical (unpaired) electrons. The quantitative estimate of drug-likeness (QED) is 0.330. The summed E-state index contributed by atoms with van der Waals surface area (Å²) in [4.78, 5) is 34.9. The largest absolute Gasteiger partial charge is 0.497 e. The van der Waals surface area contributed by atoms with Crippen molar-refractivity contribution >= 4 is 17.7 Å². The lowest BCUT2D eigenvalue weighted by molar-refractivity contribution is 0.0205. The average molecular weight is 578 g/mol. The van der Waals surface area contributed by atoms with Crippen LogP contribution in [0.3, 0.4) is 0 Å². The smallest absolute Gasteiger partial charge is 0.410 e. The van der Waals surface area contributed by atoms with E-state index in [1.165, 1.54) is 0 Å². The molecule has 2 heterocycles. The van der Waals surface area contributed by atoms with Crippen molar-refractivity contribution in [3.05, 3.63) is 60.3 Å². The van der Waals surface area contributed by atoms with Crippen LogP contribution in [0.15, 0.2) is 54.7 Å². The summed E-state index contributed by atoms with van der Waals surface area (Å²) >= 11 is 0. The predicted molar refractivity (Wildman–Crippen MR) is 160 cm³/mol. The van der Waals surface area contributed by atoms with Gasteiger partial charge in [-0.3, -0.25) is 9.78 Å². The molecule has 0 saturated carbocycles. The molecule has 1 aliphatic rings. The van der Waals surface area contributed by atoms with Gasteiger partial charge in [-0.25, -0.2) is 4.79 Å². The van der Waals surface area contributed by atoms with Crippen LogP contribution in [-0.4, -0.2) is 75.1 Å². The molecule has 0 atom stereocenters. The number of nitrogens with zero attached hydrogens (tertiary/aromatic N) is 3. The number of amides is 2. The van der Waals surface area contributed by atoms with E-state index in [1.807, 2.05) is 45.0 Å². The van der Waals surface area contributed by atoms with E-state index in [1.54, 1.807) is 68.7 Å². The van der Waals surface area contributed by atoms with Gasteiger partial charge in [0.15, 0.2) is 11.5 Å². The number of rotatable bonds is 8. The molecule has 4 rings (SSSR count). The summed E-state index contributed by atoms with van der Waals surface area (Å²) in [5, 5.41) is 0. The first kappa shape index (κ1) is 30.5. The first-order valence-electron chi connectivity index (χ1n) is 13.8. The zero-order valence-corrected chi connectivity index (χ0v) is 25.3. The van der Waals surface area contributed by atoms with Gasteiger partial charge in [-0.1, -0.05) is 0 Å². The minimum atomic E-state index is -0.573. The molecule has 2 aromatic carbocycles. The minimum Gasteiger partial charge on any atom is -0.497 e. The van der Waals surface area contributed by atoms with Crippen LogP contribution >= 0.6 is 0 Å². The second kappa shape index (κ2) is 13.0. The maximum absolute atomic E-state index is 14.2. The van der Waals surface area contributed by atoms with Crippen molar-refractivity contribution in [2.75, 3.05) is 46.4 Å². The topological polar surface area (TPSA) is 99.7 Å². The number of ether oxygens (including phenoxy) is 5. The Kier molecular flexibility index (Phi) is 9.45. The van der Waals surface area contributed by atoms with Gasteiger partial charge in [0.05, 0.1) is 34.1 Å². The molecular formula is C32H39N3O7. The van der Waals surface area contributed by atoms with Crippen molar-refractivity contribution in [2.24, 2.45) is 0 Å². The number of anilines is 1. The van der Waals surface area contributed by atoms with Gasteiger partial charge in [0.25, 0.3) is 5.91 Å². The van der Waals surface area contributed by atoms with Crippen LogP contribution < -0.4 is 23.8 Å². The van der Waals surface area contributed by atoms with Crippen LogP contribution in [0.5, 0.6) is 23.0 Å². The van der Waals surface area contributed by atoms with Crippen LogP contribution in [0, 0.1) is 0 Å². The Morgan fingerprint density at radius 1 is 0.857 bits per heavy atom. The molecule has 224 valence electrons. The standard InChI is InChI=1S/C32H39N3O7/c1-32(2,3)42-31(37)34-16-13-24(14-17-34)35(23-8-10-25(38-4)11-9-23)30(36)21-12-15-33-26(18-21)22-19-27(39-5)29(41-7)28(20-22)40-6/h8-12,15,18-20,24H,13-14,16-17H2,1-7H3. The van der Waals surface area contributed by atoms with E-state index in [4.69, 9.17) is 23.7 Å². The summed E-state index contributed by atoms with van der Waals surface area (Å²) in [6.45, 7) is 6.51. The monoisotopic (exact) mass is 577 g/mol. The molecule has 0 aliphatic carbocycles. The Morgan fingerprint density at radius 3 is 2.00 bits per heavy atom. The van der Waals surface area contributed by atoms with Crippen LogP contribution in [-0.2, 0) is 4.74 Å². The van der Waals surface area contributed by atoms with Crippen molar-refractivity contribution in [2.45, 2.75) is 45.3 Å². The average Bonchev–Trinajstić information content (AvgIpc) is 3.00. The van der Waals surface area contributed by atoms with Gasteiger partial charge in [-0.05, 0) is 82.1 Å². The van der Waals surface area contributed by atoms with E-state index in [0.717, 1.165) is 5.69 Å². The second-order valence-electron chi connectivity index (χ2n) is 10.9. The summed E-state index contributed by atoms with van der Waals surface area (Å²) in [5.41, 5.74) is 1.92. The van der Waals surface area contributed by atoms with Crippen LogP contribution in [0.25, 0.3) is 11.3 Å². The van der Waals surface area contributed by atoms with E-state index in [-0.39, 0.29) is 18.0 Å². The molecule has 0 spiro atoms. The molecule has 1 aliphatic heterocycles. The number of hydrogen-bond acceptors (Lipinski definition) is 8. The third kappa shape index (κ3) is 6.87. The van der Waals surface area contributed by atoms with Crippen LogP contribution in [0.4, 0.5) is 10.5 Å². The lowest BCUT2D eigenvalue weighted by Crippen LogP contribution is -2.50. The first-order valence-corrected chi connectivity index (χ1v) is 13.8. The molecule has 42 heavy (non-hydrogen) atoms. The van der Waals surface area contributed by atoms with Gasteiger partial charge in [-0.15, -0.1) is 0 Å². The van der Waals surface area contributed by atoms with Gasteiger partial charge >= 0.3 is 6.09 Å². The van der Waals surface area contributed by atoms with E-state index in [9.17, 15) is 9.59 Å². The highest BCUT2D eigenvalue weighted by atomic mass is 16.6. The highest BCUT2D eigenvalue weighted by Gasteiger charge is 2.33. The third-order valence-corrected chi connectivity index (χ3v) is 7.02. The Hall–Kier alpha value is -4.47. The molecule has 0 unspecified atom stereocenters. The van der Waals surface area contributed by atoms with E-state index in [2.05, 4.69) is 4.98 Å². The molecule has 0 bridgehead atoms. The van der Waals surface area contributed by atoms with Gasteiger partial charge in [-0.2, -0.15) is 0 Å². The van der Waals surface area contributed by atoms with E-state index in [0.29, 0.717) is 65.8 Å². The third-order valence-electron chi connectivity index (χ3n) is 7.02. The molecule has 10 heteroatoms. The lowest BCUT2D eigenvalue weighted by atomic mass is 10.0. The number of hydrogen-bond donors (Lipinski definition) is 0. The molecule has 3 aromatic rings. The van der Waals surface area contributed by atoms with Crippen molar-refractivity contribution < 1.29 is 33.3 Å². The Balaban J connectivity index is 1.65. The van der Waals surface area contributed by atoms with Gasteiger partial charge in [0, 0.05) is 42.1 Å². The molecule has 1 fully saturated rings. The normalized spacial score (nSPS) is 13.7. The van der Waals surface area contributed by atoms with Crippen molar-refractivity contribution in [3.8, 4) is 34.3 Å². The first-order chi connectivity index (χ1) is 20.1. The Morgan fingerprint density at radius 2 is 1.48 bits per heavy atom. The number of likely N-dealkylation sites (tertiary alicyclic amines) is 1. The highest BCUT2D eigenvalue weighted by Crippen LogP contribution is 2.41. The summed E-state index contributed by atoms with van der Waals surface area (Å²) in [6, 6.07) is 14.3. The number of carbonyl (C=O) groups excluding carboxylic acids is 2. The van der Waals surface area contributed by atoms with Crippen molar-refractivity contribution in [1.82, 2.24) is 9.88 Å². The van der Waals surface area contributed by atoms with Crippen LogP contribution in [0.2, 0.25) is 0 Å². The van der Waals surface area contributed by atoms with Gasteiger partial charge < -0.3 is 33.5 Å². The van der Waals surface area contributed by atoms with Gasteiger partial charge in [0.2, 0.25) is 5.75 Å². The molecule has 2 amide bonds. The summed E-state index contributed by atoms with van der Waals surface area (Å²) in [5.74, 6) is 1.97. The molecule has 1 saturated heterocycles. The highest BCUT2D eigenvalue weighted by molar-refractivity contribution is 6.07. The fourth-order valence-electron chi connectivity index (χ4n) is 4.96. The van der Waals surface area contributed by atoms with E-state index < -0.39 is 5.60 Å². The Bertz CT molecular complexity index is 1370. The number of aromatic nitrogens is 1. The summed E-state index contributed by atoms with van der Waals surface area (Å²) < 4.78 is 27.4. The Labute approximate surface area is 247 Å². The zero-order chi connectivity index (χ0) is 30.4. The minimum absolute atomic E-state index is 0.137. The number of pyridine rings is 1. The number of benzene rings is 2. The lowest BCUT2D eigenvalue weighted by Gasteiger charge is -2.39. The fraction of sp³-hybridized carbons (Fsp3) is 0.406. The van der Waals surface area contributed by atoms with Gasteiger partial charge in [0.1, 0.15) is 11.4 Å². The zero-order valence-electron chi connectivity index (χ0n) is 25.3. The number of carbonyl (C=O) groups is 2. The van der Waals surface area contributed by atoms with E-state index >= 15 is 0 Å². The maximum Gasteiger partial charge on any atom is 0.410 e. The summed E-state index contributed by atoms with van der Waals surface area (Å²) in [6.07, 6.45) is 2.47. The SMILES string of the molecule is COc1ccc(N(C(=O)c2ccnc(-c3cc(OC)c(OC)c(OC)c3)c2)C2CCN(C(=O)OC(C)(C)C)CC2)cc1. The summed E-state index contributed by atoms with van der Waals surface area (Å²) in [7, 11) is 6.25. The number of piperidine rings is 1. The van der Waals surface area contributed by atoms with Crippen molar-refractivity contribution in [1.29, 1.82) is 0 Å². The predicted octanol–water partition coefficient (Wildman–Crippen LogP) is 5.83. The molecule has 1 aromatic heterocycles. The molecule has 10 nitrogen and oxygen atoms in total. The second-order valence-corrected chi connectivity index (χ2v) is 10.9. The maximum atomic E-state index is 14.2. The molecule has 0 N–H and O–H groups in total.